The molecule has 0 rings (SSSR count). The first-order valence-corrected chi connectivity index (χ1v) is 32.4. The maximum Gasteiger partial charge on any atom is 0.472 e. The van der Waals surface area contributed by atoms with Gasteiger partial charge in [-0.1, -0.05) is 274 Å². The van der Waals surface area contributed by atoms with Crippen LogP contribution in [0.25, 0.3) is 0 Å². The molecule has 0 bridgehead atoms. The molecule has 9 nitrogen and oxygen atoms in total. The van der Waals surface area contributed by atoms with E-state index in [-0.39, 0.29) is 25.6 Å². The summed E-state index contributed by atoms with van der Waals surface area (Å²) >= 11 is 0. The number of nitrogens with zero attached hydrogens (tertiary/aromatic N) is 1. The molecule has 2 atom stereocenters. The van der Waals surface area contributed by atoms with E-state index in [9.17, 15) is 19.0 Å². The monoisotopic (exact) mass is 1050 g/mol. The second-order valence-corrected chi connectivity index (χ2v) is 23.5. The summed E-state index contributed by atoms with van der Waals surface area (Å²) in [6, 6.07) is 0. The fraction of sp³-hybridized carbons (Fsp3) is 0.841. The van der Waals surface area contributed by atoms with Crippen LogP contribution in [0.3, 0.4) is 0 Å². The van der Waals surface area contributed by atoms with Gasteiger partial charge < -0.3 is 18.9 Å². The highest BCUT2D eigenvalue weighted by molar-refractivity contribution is 7.47. The number of carbonyl (C=O) groups excluding carboxylic acids is 2. The summed E-state index contributed by atoms with van der Waals surface area (Å²) in [6.45, 7) is 4.37. The molecule has 0 radical (unpaired) electrons. The van der Waals surface area contributed by atoms with E-state index in [1.807, 2.05) is 21.1 Å². The van der Waals surface area contributed by atoms with E-state index in [2.05, 4.69) is 62.5 Å². The Bertz CT molecular complexity index is 1370. The molecule has 0 heterocycles. The molecule has 0 aliphatic heterocycles. The molecule has 0 aromatic rings. The number of ether oxygens (including phenoxy) is 2. The number of rotatable bonds is 57. The Hall–Kier alpha value is -2.03. The molecule has 0 aromatic carbocycles. The van der Waals surface area contributed by atoms with E-state index >= 15 is 0 Å². The van der Waals surface area contributed by atoms with Crippen molar-refractivity contribution in [2.24, 2.45) is 0 Å². The van der Waals surface area contributed by atoms with Crippen LogP contribution in [0.5, 0.6) is 0 Å². The first kappa shape index (κ1) is 71.0. The highest BCUT2D eigenvalue weighted by Crippen LogP contribution is 2.43. The lowest BCUT2D eigenvalue weighted by Gasteiger charge is -2.24. The second-order valence-electron chi connectivity index (χ2n) is 22.1. The third-order valence-corrected chi connectivity index (χ3v) is 14.6. The highest BCUT2D eigenvalue weighted by atomic mass is 31.2. The third kappa shape index (κ3) is 59.1. The van der Waals surface area contributed by atoms with Gasteiger partial charge in [-0.15, -0.1) is 0 Å². The molecule has 0 aromatic heterocycles. The lowest BCUT2D eigenvalue weighted by atomic mass is 10.0. The maximum absolute atomic E-state index is 12.8. The van der Waals surface area contributed by atoms with Gasteiger partial charge in [0.25, 0.3) is 0 Å². The molecule has 0 saturated carbocycles. The zero-order valence-corrected chi connectivity index (χ0v) is 49.5. The highest BCUT2D eigenvalue weighted by Gasteiger charge is 2.27. The van der Waals surface area contributed by atoms with Gasteiger partial charge in [-0.25, -0.2) is 4.57 Å². The molecule has 73 heavy (non-hydrogen) atoms. The fourth-order valence-corrected chi connectivity index (χ4v) is 9.63. The van der Waals surface area contributed by atoms with Crippen molar-refractivity contribution in [2.45, 2.75) is 296 Å². The Labute approximate surface area is 452 Å². The van der Waals surface area contributed by atoms with Crippen LogP contribution in [-0.2, 0) is 32.7 Å². The van der Waals surface area contributed by atoms with E-state index in [1.54, 1.807) is 0 Å². The van der Waals surface area contributed by atoms with Crippen molar-refractivity contribution in [3.05, 3.63) is 48.6 Å². The van der Waals surface area contributed by atoms with Gasteiger partial charge in [-0.3, -0.25) is 18.6 Å². The van der Waals surface area contributed by atoms with Crippen molar-refractivity contribution >= 4 is 19.8 Å². The smallest absolute Gasteiger partial charge is 0.462 e. The number of phosphoric acid groups is 1. The minimum Gasteiger partial charge on any atom is -0.462 e. The van der Waals surface area contributed by atoms with Crippen molar-refractivity contribution in [3.63, 3.8) is 0 Å². The zero-order chi connectivity index (χ0) is 53.5. The van der Waals surface area contributed by atoms with Crippen LogP contribution in [0.2, 0.25) is 0 Å². The van der Waals surface area contributed by atoms with Crippen molar-refractivity contribution < 1.29 is 42.1 Å². The average Bonchev–Trinajstić information content (AvgIpc) is 3.35. The maximum atomic E-state index is 12.8. The van der Waals surface area contributed by atoms with Crippen LogP contribution in [0.4, 0.5) is 0 Å². The number of hydrogen-bond acceptors (Lipinski definition) is 7. The third-order valence-electron chi connectivity index (χ3n) is 13.6. The minimum atomic E-state index is -4.38. The van der Waals surface area contributed by atoms with E-state index in [4.69, 9.17) is 18.5 Å². The van der Waals surface area contributed by atoms with Crippen LogP contribution in [0.1, 0.15) is 290 Å². The predicted octanol–water partition coefficient (Wildman–Crippen LogP) is 19.3. The molecule has 0 fully saturated rings. The van der Waals surface area contributed by atoms with Crippen molar-refractivity contribution in [3.8, 4) is 0 Å². The second kappa shape index (κ2) is 54.7. The first-order valence-electron chi connectivity index (χ1n) is 30.9. The van der Waals surface area contributed by atoms with Gasteiger partial charge in [0.1, 0.15) is 19.8 Å². The van der Waals surface area contributed by atoms with E-state index < -0.39 is 26.5 Å². The first-order chi connectivity index (χ1) is 35.5. The molecule has 1 N–H and O–H groups in total. The molecule has 0 saturated heterocycles. The lowest BCUT2D eigenvalue weighted by molar-refractivity contribution is -0.870. The normalized spacial score (nSPS) is 13.6. The van der Waals surface area contributed by atoms with Gasteiger partial charge in [-0.2, -0.15) is 0 Å². The van der Waals surface area contributed by atoms with E-state index in [0.717, 1.165) is 57.8 Å². The van der Waals surface area contributed by atoms with Gasteiger partial charge in [0.15, 0.2) is 6.10 Å². The summed E-state index contributed by atoms with van der Waals surface area (Å²) in [7, 11) is 1.49. The summed E-state index contributed by atoms with van der Waals surface area (Å²) in [5.74, 6) is -0.781. The topological polar surface area (TPSA) is 108 Å². The van der Waals surface area contributed by atoms with Crippen molar-refractivity contribution in [2.75, 3.05) is 47.5 Å². The number of quaternary nitrogens is 1. The number of likely N-dealkylation sites (N-methyl/N-ethyl adjacent to an activating group) is 1. The summed E-state index contributed by atoms with van der Waals surface area (Å²) < 4.78 is 34.6. The van der Waals surface area contributed by atoms with Gasteiger partial charge in [0.2, 0.25) is 0 Å². The quantitative estimate of drug-likeness (QED) is 0.0211. The van der Waals surface area contributed by atoms with Crippen LogP contribution >= 0.6 is 7.82 Å². The lowest BCUT2D eigenvalue weighted by Crippen LogP contribution is -2.37. The zero-order valence-electron chi connectivity index (χ0n) is 48.6. The number of phosphoric ester groups is 1. The average molecular weight is 1050 g/mol. The Balaban J connectivity index is 4.04. The summed E-state index contributed by atoms with van der Waals surface area (Å²) in [5, 5.41) is 0. The molecular weight excluding hydrogens is 930 g/mol. The Morgan fingerprint density at radius 1 is 0.438 bits per heavy atom. The van der Waals surface area contributed by atoms with Gasteiger partial charge in [0, 0.05) is 12.8 Å². The van der Waals surface area contributed by atoms with Gasteiger partial charge >= 0.3 is 19.8 Å². The van der Waals surface area contributed by atoms with Gasteiger partial charge in [0.05, 0.1) is 27.7 Å². The van der Waals surface area contributed by atoms with Crippen LogP contribution < -0.4 is 0 Å². The van der Waals surface area contributed by atoms with Crippen LogP contribution in [0, 0.1) is 0 Å². The summed E-state index contributed by atoms with van der Waals surface area (Å²) in [4.78, 5) is 35.7. The van der Waals surface area contributed by atoms with Crippen molar-refractivity contribution in [1.29, 1.82) is 0 Å². The van der Waals surface area contributed by atoms with E-state index in [0.29, 0.717) is 23.9 Å². The molecule has 10 heteroatoms. The SMILES string of the molecule is CC/C=C\C/C=C\C/C=C\C/C=C\CCCCCCCCCCCCCCCCCCCCC(=O)OC(COC(=O)CCCCCCCCCCCCCCCCCCCC)COP(=O)(O)OCC[N+](C)(C)C. The Morgan fingerprint density at radius 2 is 0.781 bits per heavy atom. The van der Waals surface area contributed by atoms with E-state index in [1.165, 1.54) is 199 Å². The van der Waals surface area contributed by atoms with Crippen LogP contribution in [0.15, 0.2) is 48.6 Å². The number of hydrogen-bond donors (Lipinski definition) is 1. The number of unbranched alkanes of at least 4 members (excludes halogenated alkanes) is 35. The minimum absolute atomic E-state index is 0.0340. The molecule has 0 amide bonds. The standard InChI is InChI=1S/C63H118NO8P/c1-6-8-10-12-14-16-18-20-22-24-26-27-28-29-30-31-32-33-34-35-36-37-38-40-42-44-46-48-50-52-54-56-63(66)72-61(60-71-73(67,68)70-58-57-64(3,4)5)59-69-62(65)55-53-51-49-47-45-43-41-39-25-23-21-19-17-15-13-11-9-7-2/h8,10,14,16,20,22,26-27,61H,6-7,9,11-13,15,17-19,21,23-25,28-60H2,1-5H3/p+1/b10-8-,16-14-,22-20-,27-26-. The Morgan fingerprint density at radius 3 is 1.16 bits per heavy atom. The van der Waals surface area contributed by atoms with Crippen molar-refractivity contribution in [1.82, 2.24) is 0 Å². The number of esters is 2. The molecule has 428 valence electrons. The fourth-order valence-electron chi connectivity index (χ4n) is 8.89. The molecule has 0 aliphatic rings. The largest absolute Gasteiger partial charge is 0.472 e. The summed E-state index contributed by atoms with van der Waals surface area (Å²) in [6.07, 6.45) is 69.0. The Kier molecular flexibility index (Phi) is 53.2. The molecule has 0 spiro atoms. The number of allylic oxidation sites excluding steroid dienone is 8. The van der Waals surface area contributed by atoms with Gasteiger partial charge in [-0.05, 0) is 51.4 Å². The number of carbonyl (C=O) groups is 2. The molecular formula is C63H119NO8P+. The molecule has 2 unspecified atom stereocenters. The molecule has 0 aliphatic carbocycles. The predicted molar refractivity (Wildman–Crippen MR) is 312 cm³/mol. The van der Waals surface area contributed by atoms with Crippen LogP contribution in [-0.4, -0.2) is 74.9 Å². The summed E-state index contributed by atoms with van der Waals surface area (Å²) in [5.41, 5.74) is 0.